The van der Waals surface area contributed by atoms with E-state index in [0.29, 0.717) is 10.6 Å². The summed E-state index contributed by atoms with van der Waals surface area (Å²) in [6.45, 7) is 2.05. The van der Waals surface area contributed by atoms with Crippen molar-refractivity contribution in [2.24, 2.45) is 0 Å². The molecule has 0 fully saturated rings. The van der Waals surface area contributed by atoms with Gasteiger partial charge in [0.2, 0.25) is 0 Å². The van der Waals surface area contributed by atoms with Crippen molar-refractivity contribution in [1.82, 2.24) is 5.32 Å². The van der Waals surface area contributed by atoms with Crippen LogP contribution in [0.3, 0.4) is 0 Å². The van der Waals surface area contributed by atoms with E-state index in [1.165, 1.54) is 17.2 Å². The van der Waals surface area contributed by atoms with Crippen LogP contribution in [0.5, 0.6) is 0 Å². The number of halogens is 2. The fourth-order valence-corrected chi connectivity index (χ4v) is 2.27. The topological polar surface area (TPSA) is 12.0 Å². The van der Waals surface area contributed by atoms with Crippen LogP contribution < -0.4 is 5.32 Å². The van der Waals surface area contributed by atoms with Gasteiger partial charge < -0.3 is 5.32 Å². The molecule has 1 N–H and O–H groups in total. The minimum atomic E-state index is -0.265. The Morgan fingerprint density at radius 1 is 1.16 bits per heavy atom. The fraction of sp³-hybridized carbons (Fsp3) is 0.250. The molecule has 100 valence electrons. The Kier molecular flexibility index (Phi) is 4.56. The molecular formula is C16H17ClFN. The molecule has 0 aliphatic carbocycles. The third-order valence-corrected chi connectivity index (χ3v) is 3.48. The van der Waals surface area contributed by atoms with E-state index in [9.17, 15) is 4.39 Å². The van der Waals surface area contributed by atoms with Crippen LogP contribution in [0.15, 0.2) is 42.5 Å². The molecule has 0 radical (unpaired) electrons. The number of hydrogen-bond acceptors (Lipinski definition) is 1. The maximum atomic E-state index is 13.9. The molecule has 19 heavy (non-hydrogen) atoms. The van der Waals surface area contributed by atoms with Gasteiger partial charge in [0, 0.05) is 16.6 Å². The molecule has 2 rings (SSSR count). The average Bonchev–Trinajstić information content (AvgIpc) is 2.39. The lowest BCUT2D eigenvalue weighted by Gasteiger charge is -2.18. The number of benzene rings is 2. The van der Waals surface area contributed by atoms with Crippen molar-refractivity contribution in [3.05, 3.63) is 70.0 Å². The van der Waals surface area contributed by atoms with Crippen molar-refractivity contribution in [2.75, 3.05) is 7.05 Å². The van der Waals surface area contributed by atoms with E-state index >= 15 is 0 Å². The van der Waals surface area contributed by atoms with Crippen molar-refractivity contribution >= 4 is 11.6 Å². The zero-order valence-corrected chi connectivity index (χ0v) is 11.8. The maximum Gasteiger partial charge on any atom is 0.129 e. The van der Waals surface area contributed by atoms with E-state index in [1.807, 2.05) is 7.05 Å². The molecule has 1 unspecified atom stereocenters. The predicted molar refractivity (Wildman–Crippen MR) is 78.1 cm³/mol. The van der Waals surface area contributed by atoms with Gasteiger partial charge in [-0.15, -0.1) is 0 Å². The Balaban J connectivity index is 2.22. The molecule has 1 atom stereocenters. The quantitative estimate of drug-likeness (QED) is 0.879. The first-order chi connectivity index (χ1) is 9.10. The number of rotatable bonds is 4. The number of hydrogen-bond donors (Lipinski definition) is 1. The van der Waals surface area contributed by atoms with E-state index in [1.54, 1.807) is 12.1 Å². The number of aryl methyl sites for hydroxylation is 1. The second-order valence-corrected chi connectivity index (χ2v) is 5.13. The van der Waals surface area contributed by atoms with Gasteiger partial charge in [0.05, 0.1) is 0 Å². The summed E-state index contributed by atoms with van der Waals surface area (Å²) in [6.07, 6.45) is 0.745. The Morgan fingerprint density at radius 3 is 2.42 bits per heavy atom. The van der Waals surface area contributed by atoms with Crippen LogP contribution in [0, 0.1) is 12.7 Å². The lowest BCUT2D eigenvalue weighted by molar-refractivity contribution is 0.534. The molecule has 0 aliphatic rings. The molecule has 3 heteroatoms. The normalized spacial score (nSPS) is 12.4. The number of likely N-dealkylation sites (N-methyl/N-ethyl adjacent to an activating group) is 1. The zero-order chi connectivity index (χ0) is 13.8. The highest BCUT2D eigenvalue weighted by Crippen LogP contribution is 2.23. The van der Waals surface area contributed by atoms with Gasteiger partial charge in [-0.3, -0.25) is 0 Å². The summed E-state index contributed by atoms with van der Waals surface area (Å²) in [5, 5.41) is 3.58. The van der Waals surface area contributed by atoms with Gasteiger partial charge in [-0.2, -0.15) is 0 Å². The molecule has 0 aliphatic heterocycles. The van der Waals surface area contributed by atoms with Crippen LogP contribution in [-0.4, -0.2) is 7.05 Å². The first-order valence-electron chi connectivity index (χ1n) is 6.28. The van der Waals surface area contributed by atoms with Gasteiger partial charge in [-0.25, -0.2) is 4.39 Å². The lowest BCUT2D eigenvalue weighted by Crippen LogP contribution is -2.20. The van der Waals surface area contributed by atoms with Crippen molar-refractivity contribution < 1.29 is 4.39 Å². The first kappa shape index (κ1) is 14.0. The largest absolute Gasteiger partial charge is 0.313 e. The average molecular weight is 278 g/mol. The molecule has 0 amide bonds. The second kappa shape index (κ2) is 6.18. The van der Waals surface area contributed by atoms with Crippen LogP contribution in [0.1, 0.15) is 22.7 Å². The molecular weight excluding hydrogens is 261 g/mol. The fourth-order valence-electron chi connectivity index (χ4n) is 2.11. The minimum Gasteiger partial charge on any atom is -0.313 e. The lowest BCUT2D eigenvalue weighted by atomic mass is 9.98. The second-order valence-electron chi connectivity index (χ2n) is 4.70. The van der Waals surface area contributed by atoms with Crippen molar-refractivity contribution in [1.29, 1.82) is 0 Å². The molecule has 0 saturated heterocycles. The molecule has 0 bridgehead atoms. The highest BCUT2D eigenvalue weighted by molar-refractivity contribution is 6.30. The summed E-state index contributed by atoms with van der Waals surface area (Å²) in [4.78, 5) is 0. The van der Waals surface area contributed by atoms with Crippen LogP contribution in [0.2, 0.25) is 5.02 Å². The molecule has 0 heterocycles. The van der Waals surface area contributed by atoms with Gasteiger partial charge in [0.25, 0.3) is 0 Å². The number of nitrogens with one attached hydrogen (secondary N) is 1. The Bertz CT molecular complexity index is 551. The van der Waals surface area contributed by atoms with Crippen LogP contribution in [0.4, 0.5) is 4.39 Å². The van der Waals surface area contributed by atoms with Gasteiger partial charge in [0.1, 0.15) is 5.82 Å². The molecule has 2 aromatic carbocycles. The molecule has 0 aromatic heterocycles. The third-order valence-electron chi connectivity index (χ3n) is 3.25. The standard InChI is InChI=1S/C16H17ClFN/c1-11-3-5-12(6-4-11)9-16(19-2)14-8-7-13(17)10-15(14)18/h3-8,10,16,19H,9H2,1-2H3. The summed E-state index contributed by atoms with van der Waals surface area (Å²) in [5.41, 5.74) is 3.05. The molecule has 0 spiro atoms. The minimum absolute atomic E-state index is 0.0556. The Morgan fingerprint density at radius 2 is 1.84 bits per heavy atom. The predicted octanol–water partition coefficient (Wildman–Crippen LogP) is 4.29. The maximum absolute atomic E-state index is 13.9. The van der Waals surface area contributed by atoms with Crippen LogP contribution >= 0.6 is 11.6 Å². The molecule has 0 saturated carbocycles. The summed E-state index contributed by atoms with van der Waals surface area (Å²) >= 11 is 5.78. The Hall–Kier alpha value is -1.38. The van der Waals surface area contributed by atoms with E-state index < -0.39 is 0 Å². The van der Waals surface area contributed by atoms with E-state index in [4.69, 9.17) is 11.6 Å². The first-order valence-corrected chi connectivity index (χ1v) is 6.65. The van der Waals surface area contributed by atoms with E-state index in [0.717, 1.165) is 6.42 Å². The smallest absolute Gasteiger partial charge is 0.129 e. The highest BCUT2D eigenvalue weighted by Gasteiger charge is 2.14. The Labute approximate surface area is 118 Å². The van der Waals surface area contributed by atoms with Gasteiger partial charge in [0.15, 0.2) is 0 Å². The monoisotopic (exact) mass is 277 g/mol. The summed E-state index contributed by atoms with van der Waals surface area (Å²) in [5.74, 6) is -0.265. The van der Waals surface area contributed by atoms with Gasteiger partial charge in [-0.05, 0) is 38.1 Å². The highest BCUT2D eigenvalue weighted by atomic mass is 35.5. The van der Waals surface area contributed by atoms with Crippen molar-refractivity contribution in [2.45, 2.75) is 19.4 Å². The molecule has 2 aromatic rings. The van der Waals surface area contributed by atoms with Crippen LogP contribution in [-0.2, 0) is 6.42 Å². The van der Waals surface area contributed by atoms with Crippen molar-refractivity contribution in [3.8, 4) is 0 Å². The zero-order valence-electron chi connectivity index (χ0n) is 11.1. The summed E-state index contributed by atoms with van der Waals surface area (Å²) in [7, 11) is 1.84. The van der Waals surface area contributed by atoms with Crippen LogP contribution in [0.25, 0.3) is 0 Å². The molecule has 1 nitrogen and oxygen atoms in total. The summed E-state index contributed by atoms with van der Waals surface area (Å²) < 4.78 is 13.9. The van der Waals surface area contributed by atoms with E-state index in [2.05, 4.69) is 36.5 Å². The van der Waals surface area contributed by atoms with Gasteiger partial charge in [-0.1, -0.05) is 47.5 Å². The SMILES string of the molecule is CNC(Cc1ccc(C)cc1)c1ccc(Cl)cc1F. The summed E-state index contributed by atoms with van der Waals surface area (Å²) in [6, 6.07) is 13.1. The van der Waals surface area contributed by atoms with Gasteiger partial charge >= 0.3 is 0 Å². The third kappa shape index (κ3) is 3.55. The van der Waals surface area contributed by atoms with E-state index in [-0.39, 0.29) is 11.9 Å². The van der Waals surface area contributed by atoms with Crippen molar-refractivity contribution in [3.63, 3.8) is 0 Å².